The highest BCUT2D eigenvalue weighted by Gasteiger charge is 2.19. The quantitative estimate of drug-likeness (QED) is 0.874. The van der Waals surface area contributed by atoms with Gasteiger partial charge in [0.15, 0.2) is 0 Å². The van der Waals surface area contributed by atoms with Crippen molar-refractivity contribution in [2.24, 2.45) is 0 Å². The van der Waals surface area contributed by atoms with Gasteiger partial charge >= 0.3 is 0 Å². The highest BCUT2D eigenvalue weighted by atomic mass is 35.5. The molecule has 1 rings (SSSR count). The van der Waals surface area contributed by atoms with Crippen LogP contribution in [0.4, 0.5) is 4.39 Å². The Hall–Kier alpha value is -0.690. The molecule has 1 aromatic carbocycles. The molecule has 0 aliphatic carbocycles. The number of halogens is 2. The Bertz CT molecular complexity index is 534. The fourth-order valence-corrected chi connectivity index (χ4v) is 2.87. The predicted octanol–water partition coefficient (Wildman–Crippen LogP) is 2.01. The van der Waals surface area contributed by atoms with Crippen LogP contribution < -0.4 is 0 Å². The lowest BCUT2D eigenvalue weighted by Gasteiger charge is -2.18. The lowest BCUT2D eigenvalue weighted by Crippen LogP contribution is -2.30. The summed E-state index contributed by atoms with van der Waals surface area (Å²) in [5.74, 6) is -0.825. The van der Waals surface area contributed by atoms with E-state index in [2.05, 4.69) is 0 Å². The molecule has 1 aromatic rings. The number of rotatable bonds is 6. The highest BCUT2D eigenvalue weighted by molar-refractivity contribution is 7.88. The molecule has 0 saturated heterocycles. The first-order valence-electron chi connectivity index (χ1n) is 5.78. The molecule has 0 fully saturated rings. The summed E-state index contributed by atoms with van der Waals surface area (Å²) in [4.78, 5) is 0. The zero-order chi connectivity index (χ0) is 14.6. The van der Waals surface area contributed by atoms with E-state index in [9.17, 15) is 12.8 Å². The summed E-state index contributed by atoms with van der Waals surface area (Å²) in [6.45, 7) is 1.83. The Kier molecular flexibility index (Phi) is 5.73. The topological polar surface area (TPSA) is 57.6 Å². The minimum atomic E-state index is -3.50. The van der Waals surface area contributed by atoms with Crippen LogP contribution in [-0.2, 0) is 15.8 Å². The summed E-state index contributed by atoms with van der Waals surface area (Å²) < 4.78 is 38.2. The Labute approximate surface area is 117 Å². The molecular formula is C12H17ClFNO3S. The maximum Gasteiger partial charge on any atom is 0.218 e. The summed E-state index contributed by atoms with van der Waals surface area (Å²) in [7, 11) is -2.05. The Morgan fingerprint density at radius 1 is 1.47 bits per heavy atom. The van der Waals surface area contributed by atoms with Crippen LogP contribution in [0.5, 0.6) is 0 Å². The molecule has 0 heterocycles. The van der Waals surface area contributed by atoms with Crippen molar-refractivity contribution in [2.75, 3.05) is 13.6 Å². The average molecular weight is 310 g/mol. The van der Waals surface area contributed by atoms with Crippen LogP contribution in [0, 0.1) is 5.82 Å². The molecule has 1 unspecified atom stereocenters. The first-order valence-corrected chi connectivity index (χ1v) is 7.77. The SMILES string of the molecule is CC(O)CCN(C)S(=O)(=O)Cc1ccc(F)c(Cl)c1. The third kappa shape index (κ3) is 5.06. The van der Waals surface area contributed by atoms with Crippen molar-refractivity contribution in [1.82, 2.24) is 4.31 Å². The predicted molar refractivity (Wildman–Crippen MR) is 73.0 cm³/mol. The van der Waals surface area contributed by atoms with Gasteiger partial charge in [-0.25, -0.2) is 17.1 Å². The monoisotopic (exact) mass is 309 g/mol. The Balaban J connectivity index is 2.75. The van der Waals surface area contributed by atoms with Gasteiger partial charge in [-0.2, -0.15) is 0 Å². The van der Waals surface area contributed by atoms with Crippen LogP contribution in [0.3, 0.4) is 0 Å². The van der Waals surface area contributed by atoms with Gasteiger partial charge in [-0.3, -0.25) is 0 Å². The lowest BCUT2D eigenvalue weighted by molar-refractivity contribution is 0.177. The number of benzene rings is 1. The van der Waals surface area contributed by atoms with Gasteiger partial charge in [-0.05, 0) is 31.0 Å². The van der Waals surface area contributed by atoms with Crippen LogP contribution in [0.15, 0.2) is 18.2 Å². The van der Waals surface area contributed by atoms with E-state index in [4.69, 9.17) is 16.7 Å². The van der Waals surface area contributed by atoms with Crippen LogP contribution in [0.25, 0.3) is 0 Å². The van der Waals surface area contributed by atoms with Gasteiger partial charge in [-0.15, -0.1) is 0 Å². The van der Waals surface area contributed by atoms with E-state index in [1.165, 1.54) is 23.5 Å². The normalized spacial score (nSPS) is 13.8. The van der Waals surface area contributed by atoms with E-state index >= 15 is 0 Å². The third-order valence-corrected chi connectivity index (χ3v) is 4.79. The molecule has 1 N–H and O–H groups in total. The maximum absolute atomic E-state index is 13.0. The van der Waals surface area contributed by atoms with Crippen molar-refractivity contribution in [1.29, 1.82) is 0 Å². The van der Waals surface area contributed by atoms with Gasteiger partial charge in [0, 0.05) is 13.6 Å². The lowest BCUT2D eigenvalue weighted by atomic mass is 10.2. The first-order chi connectivity index (χ1) is 8.72. The van der Waals surface area contributed by atoms with E-state index in [0.29, 0.717) is 12.0 Å². The van der Waals surface area contributed by atoms with Crippen LogP contribution in [-0.4, -0.2) is 37.5 Å². The second kappa shape index (κ2) is 6.65. The summed E-state index contributed by atoms with van der Waals surface area (Å²) in [5.41, 5.74) is 0.426. The number of hydrogen-bond donors (Lipinski definition) is 1. The van der Waals surface area contributed by atoms with Crippen LogP contribution in [0.2, 0.25) is 5.02 Å². The molecule has 0 bridgehead atoms. The number of aliphatic hydroxyl groups is 1. The molecule has 0 aliphatic rings. The number of hydrogen-bond acceptors (Lipinski definition) is 3. The fraction of sp³-hybridized carbons (Fsp3) is 0.500. The van der Waals surface area contributed by atoms with E-state index in [1.807, 2.05) is 0 Å². The second-order valence-electron chi connectivity index (χ2n) is 4.46. The maximum atomic E-state index is 13.0. The number of nitrogens with zero attached hydrogens (tertiary/aromatic N) is 1. The summed E-state index contributed by atoms with van der Waals surface area (Å²) in [6.07, 6.45) is -0.196. The van der Waals surface area contributed by atoms with E-state index in [1.54, 1.807) is 6.92 Å². The summed E-state index contributed by atoms with van der Waals surface area (Å²) >= 11 is 5.61. The van der Waals surface area contributed by atoms with Gasteiger partial charge in [0.05, 0.1) is 16.9 Å². The highest BCUT2D eigenvalue weighted by Crippen LogP contribution is 2.18. The summed E-state index contributed by atoms with van der Waals surface area (Å²) in [6, 6.07) is 3.83. The molecule has 0 aliphatic heterocycles. The molecule has 0 radical (unpaired) electrons. The molecule has 1 atom stereocenters. The van der Waals surface area contributed by atoms with Crippen molar-refractivity contribution >= 4 is 21.6 Å². The van der Waals surface area contributed by atoms with Gasteiger partial charge < -0.3 is 5.11 Å². The van der Waals surface area contributed by atoms with Crippen molar-refractivity contribution < 1.29 is 17.9 Å². The molecular weight excluding hydrogens is 293 g/mol. The van der Waals surface area contributed by atoms with E-state index in [0.717, 1.165) is 6.07 Å². The largest absolute Gasteiger partial charge is 0.393 e. The second-order valence-corrected chi connectivity index (χ2v) is 6.95. The first kappa shape index (κ1) is 16.4. The minimum absolute atomic E-state index is 0.0978. The van der Waals surface area contributed by atoms with Gasteiger partial charge in [0.1, 0.15) is 5.82 Å². The minimum Gasteiger partial charge on any atom is -0.393 e. The van der Waals surface area contributed by atoms with Crippen molar-refractivity contribution in [3.63, 3.8) is 0 Å². The molecule has 7 heteroatoms. The van der Waals surface area contributed by atoms with Crippen molar-refractivity contribution in [3.05, 3.63) is 34.6 Å². The van der Waals surface area contributed by atoms with Crippen LogP contribution >= 0.6 is 11.6 Å². The van der Waals surface area contributed by atoms with Gasteiger partial charge in [0.2, 0.25) is 10.0 Å². The summed E-state index contributed by atoms with van der Waals surface area (Å²) in [5, 5.41) is 9.05. The van der Waals surface area contributed by atoms with E-state index < -0.39 is 21.9 Å². The third-order valence-electron chi connectivity index (χ3n) is 2.67. The molecule has 0 spiro atoms. The molecule has 4 nitrogen and oxygen atoms in total. The standard InChI is InChI=1S/C12H17ClFNO3S/c1-9(16)5-6-15(2)19(17,18)8-10-3-4-12(14)11(13)7-10/h3-4,7,9,16H,5-6,8H2,1-2H3. The van der Waals surface area contributed by atoms with Crippen LogP contribution in [0.1, 0.15) is 18.9 Å². The molecule has 19 heavy (non-hydrogen) atoms. The number of sulfonamides is 1. The molecule has 0 aromatic heterocycles. The average Bonchev–Trinajstić information content (AvgIpc) is 2.30. The van der Waals surface area contributed by atoms with E-state index in [-0.39, 0.29) is 17.3 Å². The Morgan fingerprint density at radius 3 is 2.63 bits per heavy atom. The van der Waals surface area contributed by atoms with Crippen molar-refractivity contribution in [2.45, 2.75) is 25.2 Å². The Morgan fingerprint density at radius 2 is 2.11 bits per heavy atom. The number of aliphatic hydroxyl groups excluding tert-OH is 1. The van der Waals surface area contributed by atoms with Gasteiger partial charge in [-0.1, -0.05) is 17.7 Å². The smallest absolute Gasteiger partial charge is 0.218 e. The fourth-order valence-electron chi connectivity index (χ4n) is 1.46. The zero-order valence-corrected chi connectivity index (χ0v) is 12.4. The van der Waals surface area contributed by atoms with Crippen molar-refractivity contribution in [3.8, 4) is 0 Å². The molecule has 108 valence electrons. The molecule has 0 saturated carbocycles. The van der Waals surface area contributed by atoms with Gasteiger partial charge in [0.25, 0.3) is 0 Å². The molecule has 0 amide bonds. The zero-order valence-electron chi connectivity index (χ0n) is 10.8.